The predicted octanol–water partition coefficient (Wildman–Crippen LogP) is 4.83. The van der Waals surface area contributed by atoms with Gasteiger partial charge < -0.3 is 25.2 Å². The van der Waals surface area contributed by atoms with E-state index in [2.05, 4.69) is 43.1 Å². The molecule has 40 heavy (non-hydrogen) atoms. The lowest BCUT2D eigenvalue weighted by atomic mass is 9.78. The van der Waals surface area contributed by atoms with Crippen molar-refractivity contribution in [2.24, 2.45) is 5.73 Å². The van der Waals surface area contributed by atoms with Crippen LogP contribution in [-0.2, 0) is 12.0 Å². The number of nitrogens with two attached hydrogens (primary N) is 1. The topological polar surface area (TPSA) is 114 Å². The van der Waals surface area contributed by atoms with Gasteiger partial charge in [0.1, 0.15) is 24.2 Å². The molecule has 5 rings (SSSR count). The van der Waals surface area contributed by atoms with E-state index in [0.29, 0.717) is 25.6 Å². The van der Waals surface area contributed by atoms with Crippen molar-refractivity contribution < 1.29 is 19.4 Å². The lowest BCUT2D eigenvalue weighted by Crippen LogP contribution is -2.58. The van der Waals surface area contributed by atoms with Crippen LogP contribution in [0.15, 0.2) is 60.8 Å². The summed E-state index contributed by atoms with van der Waals surface area (Å²) in [5.41, 5.74) is 8.84. The van der Waals surface area contributed by atoms with Crippen LogP contribution in [0, 0.1) is 0 Å². The summed E-state index contributed by atoms with van der Waals surface area (Å²) in [7, 11) is 0. The SMILES string of the molecule is C[C@@H]1CN(c2nccc(COc3ccc(C(C)(C)c4ccc(OC5CC(N)C5)cc4)cc3)n2)C[C@H](C)N1C(=O)O. The van der Waals surface area contributed by atoms with Crippen LogP contribution in [0.25, 0.3) is 0 Å². The third-order valence-corrected chi connectivity index (χ3v) is 8.10. The highest BCUT2D eigenvalue weighted by Gasteiger charge is 2.34. The van der Waals surface area contributed by atoms with E-state index >= 15 is 0 Å². The molecule has 1 aliphatic heterocycles. The third-order valence-electron chi connectivity index (χ3n) is 8.10. The quantitative estimate of drug-likeness (QED) is 0.414. The van der Waals surface area contributed by atoms with Gasteiger partial charge in [0.15, 0.2) is 0 Å². The van der Waals surface area contributed by atoms with Crippen LogP contribution < -0.4 is 20.1 Å². The molecule has 9 heteroatoms. The van der Waals surface area contributed by atoms with E-state index in [1.54, 1.807) is 6.20 Å². The average Bonchev–Trinajstić information content (AvgIpc) is 2.91. The van der Waals surface area contributed by atoms with E-state index in [1.165, 1.54) is 16.0 Å². The van der Waals surface area contributed by atoms with E-state index < -0.39 is 6.09 Å². The van der Waals surface area contributed by atoms with Gasteiger partial charge in [-0.25, -0.2) is 14.8 Å². The second-order valence-corrected chi connectivity index (χ2v) is 11.6. The molecule has 2 aliphatic rings. The van der Waals surface area contributed by atoms with E-state index in [-0.39, 0.29) is 29.6 Å². The predicted molar refractivity (Wildman–Crippen MR) is 154 cm³/mol. The Bertz CT molecular complexity index is 1300. The van der Waals surface area contributed by atoms with E-state index in [1.807, 2.05) is 49.1 Å². The first kappa shape index (κ1) is 27.7. The highest BCUT2D eigenvalue weighted by atomic mass is 16.5. The Labute approximate surface area is 235 Å². The second-order valence-electron chi connectivity index (χ2n) is 11.6. The number of piperazine rings is 1. The molecule has 3 aromatic rings. The largest absolute Gasteiger partial charge is 0.490 e. The Balaban J connectivity index is 1.18. The molecule has 1 saturated heterocycles. The van der Waals surface area contributed by atoms with Crippen molar-refractivity contribution in [1.82, 2.24) is 14.9 Å². The molecule has 1 saturated carbocycles. The number of amides is 1. The summed E-state index contributed by atoms with van der Waals surface area (Å²) in [4.78, 5) is 24.2. The molecule has 0 spiro atoms. The monoisotopic (exact) mass is 545 g/mol. The molecule has 2 atom stereocenters. The molecule has 212 valence electrons. The minimum Gasteiger partial charge on any atom is -0.490 e. The van der Waals surface area contributed by atoms with Crippen molar-refractivity contribution in [2.75, 3.05) is 18.0 Å². The van der Waals surface area contributed by atoms with E-state index in [0.717, 1.165) is 30.0 Å². The Hall–Kier alpha value is -3.85. The standard InChI is InChI=1S/C31H39N5O4/c1-20-17-35(18-21(2)36(20)30(37)38)29-33-14-13-25(34-29)19-39-26-9-5-22(6-10-26)31(3,4)23-7-11-27(12-8-23)40-28-15-24(32)16-28/h5-14,20-21,24,28H,15-19,32H2,1-4H3,(H,37,38)/t20-,21+,24?,28?. The van der Waals surface area contributed by atoms with Crippen LogP contribution in [-0.4, -0.2) is 63.4 Å². The van der Waals surface area contributed by atoms with Crippen molar-refractivity contribution in [2.45, 2.75) is 76.8 Å². The number of nitrogens with zero attached hydrogens (tertiary/aromatic N) is 4. The number of carbonyl (C=O) groups is 1. The molecule has 2 heterocycles. The molecule has 9 nitrogen and oxygen atoms in total. The first-order chi connectivity index (χ1) is 19.1. The molecule has 1 amide bonds. The number of benzene rings is 2. The molecule has 1 aromatic heterocycles. The van der Waals surface area contributed by atoms with Crippen LogP contribution in [0.5, 0.6) is 11.5 Å². The summed E-state index contributed by atoms with van der Waals surface area (Å²) < 4.78 is 12.1. The maximum atomic E-state index is 11.6. The zero-order valence-electron chi connectivity index (χ0n) is 23.7. The molecule has 0 radical (unpaired) electrons. The van der Waals surface area contributed by atoms with Crippen molar-refractivity contribution in [3.63, 3.8) is 0 Å². The molecule has 2 aromatic carbocycles. The fourth-order valence-electron chi connectivity index (χ4n) is 5.62. The Morgan fingerprint density at radius 1 is 0.975 bits per heavy atom. The zero-order valence-corrected chi connectivity index (χ0v) is 23.7. The number of carboxylic acid groups (broad SMARTS) is 1. The highest BCUT2D eigenvalue weighted by molar-refractivity contribution is 5.66. The van der Waals surface area contributed by atoms with Gasteiger partial charge in [0.05, 0.1) is 17.8 Å². The van der Waals surface area contributed by atoms with Gasteiger partial charge in [0.25, 0.3) is 0 Å². The number of aromatic nitrogens is 2. The normalized spacial score (nSPS) is 22.9. The van der Waals surface area contributed by atoms with Crippen LogP contribution in [0.3, 0.4) is 0 Å². The van der Waals surface area contributed by atoms with Gasteiger partial charge in [0.2, 0.25) is 5.95 Å². The molecule has 1 aliphatic carbocycles. The van der Waals surface area contributed by atoms with Crippen LogP contribution in [0.2, 0.25) is 0 Å². The molecular weight excluding hydrogens is 506 g/mol. The number of hydrogen-bond donors (Lipinski definition) is 2. The first-order valence-corrected chi connectivity index (χ1v) is 13.9. The van der Waals surface area contributed by atoms with E-state index in [9.17, 15) is 9.90 Å². The Morgan fingerprint density at radius 3 is 2.10 bits per heavy atom. The smallest absolute Gasteiger partial charge is 0.407 e. The van der Waals surface area contributed by atoms with Crippen LogP contribution in [0.4, 0.5) is 10.7 Å². The van der Waals surface area contributed by atoms with Gasteiger partial charge in [-0.3, -0.25) is 4.90 Å². The van der Waals surface area contributed by atoms with Gasteiger partial charge in [-0.05, 0) is 68.1 Å². The number of rotatable bonds is 8. The van der Waals surface area contributed by atoms with Crippen LogP contribution in [0.1, 0.15) is 57.4 Å². The van der Waals surface area contributed by atoms with E-state index in [4.69, 9.17) is 20.2 Å². The summed E-state index contributed by atoms with van der Waals surface area (Å²) >= 11 is 0. The minimum atomic E-state index is -0.894. The number of ether oxygens (including phenoxy) is 2. The fourth-order valence-corrected chi connectivity index (χ4v) is 5.62. The molecule has 0 unspecified atom stereocenters. The number of anilines is 1. The van der Waals surface area contributed by atoms with Gasteiger partial charge in [-0.2, -0.15) is 0 Å². The molecule has 3 N–H and O–H groups in total. The van der Waals surface area contributed by atoms with Crippen molar-refractivity contribution >= 4 is 12.0 Å². The number of hydrogen-bond acceptors (Lipinski definition) is 7. The van der Waals surface area contributed by atoms with Crippen molar-refractivity contribution in [3.05, 3.63) is 77.6 Å². The first-order valence-electron chi connectivity index (χ1n) is 13.9. The van der Waals surface area contributed by atoms with Gasteiger partial charge in [-0.15, -0.1) is 0 Å². The Morgan fingerprint density at radius 2 is 1.55 bits per heavy atom. The lowest BCUT2D eigenvalue weighted by molar-refractivity contribution is 0.0978. The summed E-state index contributed by atoms with van der Waals surface area (Å²) in [6.07, 6.45) is 2.91. The average molecular weight is 546 g/mol. The molecule has 2 fully saturated rings. The second kappa shape index (κ2) is 11.3. The van der Waals surface area contributed by atoms with Gasteiger partial charge in [0, 0.05) is 30.7 Å². The summed E-state index contributed by atoms with van der Waals surface area (Å²) in [5.74, 6) is 2.24. The molecule has 0 bridgehead atoms. The maximum absolute atomic E-state index is 11.6. The minimum absolute atomic E-state index is 0.148. The summed E-state index contributed by atoms with van der Waals surface area (Å²) in [5, 5.41) is 9.48. The third kappa shape index (κ3) is 5.99. The fraction of sp³-hybridized carbons (Fsp3) is 0.452. The Kier molecular flexibility index (Phi) is 7.85. The van der Waals surface area contributed by atoms with Gasteiger partial charge >= 0.3 is 6.09 Å². The molecular formula is C31H39N5O4. The zero-order chi connectivity index (χ0) is 28.4. The van der Waals surface area contributed by atoms with Crippen molar-refractivity contribution in [1.29, 1.82) is 0 Å². The lowest BCUT2D eigenvalue weighted by Gasteiger charge is -2.42. The summed E-state index contributed by atoms with van der Waals surface area (Å²) in [6.45, 7) is 9.64. The highest BCUT2D eigenvalue weighted by Crippen LogP contribution is 2.34. The summed E-state index contributed by atoms with van der Waals surface area (Å²) in [6, 6.07) is 18.4. The maximum Gasteiger partial charge on any atom is 0.407 e. The van der Waals surface area contributed by atoms with Crippen molar-refractivity contribution in [3.8, 4) is 11.5 Å². The van der Waals surface area contributed by atoms with Gasteiger partial charge in [-0.1, -0.05) is 38.1 Å². The van der Waals surface area contributed by atoms with Crippen LogP contribution >= 0.6 is 0 Å².